The van der Waals surface area contributed by atoms with Gasteiger partial charge < -0.3 is 25.2 Å². The first-order valence-electron chi connectivity index (χ1n) is 8.52. The lowest BCUT2D eigenvalue weighted by molar-refractivity contribution is -0.192. The highest BCUT2D eigenvalue weighted by molar-refractivity contribution is 6.28. The van der Waals surface area contributed by atoms with E-state index in [1.165, 1.54) is 0 Å². The molecule has 1 aromatic heterocycles. The number of hydrogen-bond acceptors (Lipinski definition) is 7. The van der Waals surface area contributed by atoms with Gasteiger partial charge in [-0.15, -0.1) is 0 Å². The van der Waals surface area contributed by atoms with E-state index >= 15 is 0 Å². The van der Waals surface area contributed by atoms with Crippen LogP contribution in [-0.4, -0.2) is 60.6 Å². The topological polar surface area (TPSA) is 106 Å². The normalized spacial score (nSPS) is 16.6. The first-order chi connectivity index (χ1) is 13.7. The molecule has 1 aliphatic heterocycles. The number of carboxylic acids is 1. The van der Waals surface area contributed by atoms with Crippen LogP contribution in [0.4, 0.5) is 19.0 Å². The van der Waals surface area contributed by atoms with E-state index in [9.17, 15) is 13.2 Å². The molecule has 1 fully saturated rings. The Bertz CT molecular complexity index is 861. The smallest absolute Gasteiger partial charge is 0.490 e. The minimum absolute atomic E-state index is 0.214. The van der Waals surface area contributed by atoms with Gasteiger partial charge in [0.05, 0.1) is 19.7 Å². The maximum Gasteiger partial charge on any atom is 0.490 e. The fraction of sp³-hybridized carbons (Fsp3) is 0.471. The van der Waals surface area contributed by atoms with Gasteiger partial charge in [-0.05, 0) is 37.1 Å². The Balaban J connectivity index is 0.000000370. The van der Waals surface area contributed by atoms with Crippen molar-refractivity contribution in [2.45, 2.75) is 25.1 Å². The summed E-state index contributed by atoms with van der Waals surface area (Å²) >= 11 is 6.06. The number of nitrogens with zero attached hydrogens (tertiary/aromatic N) is 2. The monoisotopic (exact) mass is 436 g/mol. The molecule has 1 saturated heterocycles. The molecule has 160 valence electrons. The first kappa shape index (κ1) is 22.8. The van der Waals surface area contributed by atoms with Crippen molar-refractivity contribution < 1.29 is 32.5 Å². The van der Waals surface area contributed by atoms with Crippen LogP contribution in [0.3, 0.4) is 0 Å². The number of piperidine rings is 1. The van der Waals surface area contributed by atoms with Gasteiger partial charge in [0.2, 0.25) is 5.28 Å². The van der Waals surface area contributed by atoms with Crippen molar-refractivity contribution in [3.8, 4) is 11.5 Å². The summed E-state index contributed by atoms with van der Waals surface area (Å²) in [5, 5.41) is 15.0. The molecule has 2 heterocycles. The molecule has 3 rings (SSSR count). The quantitative estimate of drug-likeness (QED) is 0.628. The summed E-state index contributed by atoms with van der Waals surface area (Å²) in [6, 6.07) is 4.02. The van der Waals surface area contributed by atoms with Crippen molar-refractivity contribution in [3.63, 3.8) is 0 Å². The van der Waals surface area contributed by atoms with Crippen LogP contribution in [0, 0.1) is 0 Å². The molecule has 1 aliphatic rings. The van der Waals surface area contributed by atoms with Crippen LogP contribution in [0.2, 0.25) is 5.28 Å². The van der Waals surface area contributed by atoms with Gasteiger partial charge in [-0.1, -0.05) is 0 Å². The summed E-state index contributed by atoms with van der Waals surface area (Å²) in [5.74, 6) is -0.766. The Morgan fingerprint density at radius 2 is 1.90 bits per heavy atom. The van der Waals surface area contributed by atoms with E-state index in [2.05, 4.69) is 20.6 Å². The molecule has 8 nitrogen and oxygen atoms in total. The van der Waals surface area contributed by atoms with Crippen molar-refractivity contribution in [1.82, 2.24) is 15.3 Å². The van der Waals surface area contributed by atoms with Gasteiger partial charge in [-0.3, -0.25) is 0 Å². The van der Waals surface area contributed by atoms with Gasteiger partial charge in [-0.25, -0.2) is 14.8 Å². The van der Waals surface area contributed by atoms with Crippen molar-refractivity contribution in [2.75, 3.05) is 32.6 Å². The van der Waals surface area contributed by atoms with Gasteiger partial charge >= 0.3 is 12.1 Å². The fourth-order valence-electron chi connectivity index (χ4n) is 2.71. The van der Waals surface area contributed by atoms with Crippen molar-refractivity contribution in [2.24, 2.45) is 0 Å². The fourth-order valence-corrected chi connectivity index (χ4v) is 2.88. The van der Waals surface area contributed by atoms with Gasteiger partial charge in [-0.2, -0.15) is 13.2 Å². The lowest BCUT2D eigenvalue weighted by Gasteiger charge is -2.25. The van der Waals surface area contributed by atoms with E-state index in [-0.39, 0.29) is 5.28 Å². The van der Waals surface area contributed by atoms with E-state index in [1.807, 2.05) is 12.1 Å². The van der Waals surface area contributed by atoms with E-state index < -0.39 is 12.1 Å². The molecule has 0 unspecified atom stereocenters. The number of methoxy groups -OCH3 is 2. The average Bonchev–Trinajstić information content (AvgIpc) is 2.67. The number of aliphatic carboxylic acids is 1. The third-order valence-corrected chi connectivity index (χ3v) is 4.22. The average molecular weight is 437 g/mol. The van der Waals surface area contributed by atoms with Crippen LogP contribution in [0.1, 0.15) is 12.8 Å². The summed E-state index contributed by atoms with van der Waals surface area (Å²) in [6.45, 7) is 1.98. The summed E-state index contributed by atoms with van der Waals surface area (Å²) in [5.41, 5.74) is 0.726. The van der Waals surface area contributed by atoms with Gasteiger partial charge in [0.25, 0.3) is 0 Å². The van der Waals surface area contributed by atoms with Crippen LogP contribution in [0.5, 0.6) is 11.5 Å². The highest BCUT2D eigenvalue weighted by atomic mass is 35.5. The predicted molar refractivity (Wildman–Crippen MR) is 101 cm³/mol. The lowest BCUT2D eigenvalue weighted by atomic mass is 10.1. The highest BCUT2D eigenvalue weighted by Gasteiger charge is 2.38. The number of aromatic nitrogens is 2. The molecule has 1 aromatic carbocycles. The summed E-state index contributed by atoms with van der Waals surface area (Å²) in [7, 11) is 3.21. The number of rotatable bonds is 4. The number of alkyl halides is 3. The molecule has 0 amide bonds. The van der Waals surface area contributed by atoms with Crippen molar-refractivity contribution >= 4 is 34.3 Å². The predicted octanol–water partition coefficient (Wildman–Crippen LogP) is 3.10. The molecule has 29 heavy (non-hydrogen) atoms. The standard InChI is InChI=1S/C15H19ClN4O2.C2HF3O2/c1-21-12-6-10-11(7-13(12)22-2)19-15(16)20-14(10)18-9-4-3-5-17-8-9;3-2(4,5)1(6)7/h6-7,9,17H,3-5,8H2,1-2H3,(H,18,19,20);(H,6,7)/t9-;/m1./s1. The Labute approximate surface area is 169 Å². The molecular formula is C17H20ClF3N4O4. The molecule has 12 heteroatoms. The second-order valence-electron chi connectivity index (χ2n) is 6.06. The van der Waals surface area contributed by atoms with Crippen LogP contribution in [0.25, 0.3) is 10.9 Å². The molecule has 0 saturated carbocycles. The zero-order valence-electron chi connectivity index (χ0n) is 15.6. The number of carbonyl (C=O) groups is 1. The molecular weight excluding hydrogens is 417 g/mol. The van der Waals surface area contributed by atoms with Gasteiger partial charge in [0.15, 0.2) is 11.5 Å². The van der Waals surface area contributed by atoms with Gasteiger partial charge in [0.1, 0.15) is 5.82 Å². The number of benzene rings is 1. The Kier molecular flexibility index (Phi) is 7.68. The number of carboxylic acid groups (broad SMARTS) is 1. The lowest BCUT2D eigenvalue weighted by Crippen LogP contribution is -2.38. The van der Waals surface area contributed by atoms with E-state index in [0.29, 0.717) is 17.5 Å². The Morgan fingerprint density at radius 3 is 2.41 bits per heavy atom. The molecule has 3 N–H and O–H groups in total. The number of halogens is 4. The van der Waals surface area contributed by atoms with E-state index in [4.69, 9.17) is 31.0 Å². The zero-order valence-corrected chi connectivity index (χ0v) is 16.4. The van der Waals surface area contributed by atoms with Gasteiger partial charge in [0, 0.05) is 24.0 Å². The summed E-state index contributed by atoms with van der Waals surface area (Å²) in [4.78, 5) is 17.5. The number of fused-ring (bicyclic) bond motifs is 1. The van der Waals surface area contributed by atoms with Crippen LogP contribution in [0.15, 0.2) is 12.1 Å². The minimum Gasteiger partial charge on any atom is -0.493 e. The third-order valence-electron chi connectivity index (χ3n) is 4.05. The van der Waals surface area contributed by atoms with Crippen LogP contribution in [-0.2, 0) is 4.79 Å². The second kappa shape index (κ2) is 9.79. The Morgan fingerprint density at radius 1 is 1.28 bits per heavy atom. The number of ether oxygens (including phenoxy) is 2. The molecule has 0 radical (unpaired) electrons. The third kappa shape index (κ3) is 6.23. The van der Waals surface area contributed by atoms with Crippen molar-refractivity contribution in [1.29, 1.82) is 0 Å². The number of hydrogen-bond donors (Lipinski definition) is 3. The van der Waals surface area contributed by atoms with Crippen LogP contribution >= 0.6 is 11.6 Å². The minimum atomic E-state index is -5.08. The number of nitrogens with one attached hydrogen (secondary N) is 2. The zero-order chi connectivity index (χ0) is 21.6. The highest BCUT2D eigenvalue weighted by Crippen LogP contribution is 2.34. The molecule has 0 bridgehead atoms. The molecule has 0 aliphatic carbocycles. The SMILES string of the molecule is COc1cc2nc(Cl)nc(N[C@@H]3CCCNC3)c2cc1OC.O=C(O)C(F)(F)F. The Hall–Kier alpha value is -2.53. The largest absolute Gasteiger partial charge is 0.493 e. The molecule has 1 atom stereocenters. The maximum absolute atomic E-state index is 10.6. The first-order valence-corrected chi connectivity index (χ1v) is 8.90. The molecule has 2 aromatic rings. The molecule has 0 spiro atoms. The maximum atomic E-state index is 10.6. The van der Waals surface area contributed by atoms with Crippen LogP contribution < -0.4 is 20.1 Å². The number of anilines is 1. The summed E-state index contributed by atoms with van der Waals surface area (Å²) in [6.07, 6.45) is -2.84. The van der Waals surface area contributed by atoms with E-state index in [0.717, 1.165) is 42.7 Å². The van der Waals surface area contributed by atoms with Crippen molar-refractivity contribution in [3.05, 3.63) is 17.4 Å². The van der Waals surface area contributed by atoms with E-state index in [1.54, 1.807) is 14.2 Å². The second-order valence-corrected chi connectivity index (χ2v) is 6.39. The summed E-state index contributed by atoms with van der Waals surface area (Å²) < 4.78 is 42.4.